The number of carbonyl (C=O) groups is 2. The van der Waals surface area contributed by atoms with Gasteiger partial charge >= 0.3 is 0 Å². The van der Waals surface area contributed by atoms with Crippen molar-refractivity contribution in [2.24, 2.45) is 5.92 Å². The van der Waals surface area contributed by atoms with Crippen molar-refractivity contribution in [3.8, 4) is 0 Å². The highest BCUT2D eigenvalue weighted by atomic mass is 19.2. The molecular weight excluding hydrogens is 376 g/mol. The van der Waals surface area contributed by atoms with Crippen LogP contribution in [-0.2, 0) is 16.1 Å². The van der Waals surface area contributed by atoms with E-state index in [1.807, 2.05) is 23.1 Å². The molecule has 2 aromatic carbocycles. The third kappa shape index (κ3) is 4.29. The minimum atomic E-state index is -1.00. The molecule has 0 saturated carbocycles. The topological polar surface area (TPSA) is 43.9 Å². The second-order valence-corrected chi connectivity index (χ2v) is 7.59. The second-order valence-electron chi connectivity index (χ2n) is 7.59. The molecule has 2 aliphatic heterocycles. The van der Waals surface area contributed by atoms with Crippen LogP contribution in [0.2, 0.25) is 0 Å². The Bertz CT molecular complexity index is 898. The Morgan fingerprint density at radius 2 is 1.69 bits per heavy atom. The van der Waals surface area contributed by atoms with Crippen LogP contribution in [0.15, 0.2) is 48.5 Å². The number of amides is 2. The van der Waals surface area contributed by atoms with Gasteiger partial charge in [0.1, 0.15) is 0 Å². The Kier molecular flexibility index (Phi) is 5.58. The largest absolute Gasteiger partial charge is 0.340 e. The molecule has 29 heavy (non-hydrogen) atoms. The van der Waals surface area contributed by atoms with Crippen molar-refractivity contribution in [2.45, 2.75) is 13.0 Å². The van der Waals surface area contributed by atoms with Crippen LogP contribution in [0, 0.1) is 17.6 Å². The van der Waals surface area contributed by atoms with Crippen LogP contribution in [-0.4, -0.2) is 54.3 Å². The number of halogens is 2. The minimum Gasteiger partial charge on any atom is -0.340 e. The van der Waals surface area contributed by atoms with Crippen LogP contribution in [0.1, 0.15) is 12.0 Å². The van der Waals surface area contributed by atoms with Gasteiger partial charge in [-0.15, -0.1) is 0 Å². The van der Waals surface area contributed by atoms with E-state index >= 15 is 0 Å². The monoisotopic (exact) mass is 399 g/mol. The number of hydrogen-bond acceptors (Lipinski definition) is 3. The maximum absolute atomic E-state index is 13.5. The molecule has 2 fully saturated rings. The molecule has 1 atom stereocenters. The molecule has 0 bridgehead atoms. The van der Waals surface area contributed by atoms with Crippen LogP contribution >= 0.6 is 0 Å². The summed E-state index contributed by atoms with van der Waals surface area (Å²) in [6.07, 6.45) is 0.0993. The highest BCUT2D eigenvalue weighted by molar-refractivity contribution is 6.00. The Morgan fingerprint density at radius 3 is 2.38 bits per heavy atom. The third-order valence-corrected chi connectivity index (χ3v) is 5.62. The quantitative estimate of drug-likeness (QED) is 0.794. The summed E-state index contributed by atoms with van der Waals surface area (Å²) in [7, 11) is 0. The predicted molar refractivity (Wildman–Crippen MR) is 105 cm³/mol. The van der Waals surface area contributed by atoms with Crippen molar-refractivity contribution >= 4 is 17.5 Å². The van der Waals surface area contributed by atoms with Crippen LogP contribution in [0.25, 0.3) is 0 Å². The van der Waals surface area contributed by atoms with Gasteiger partial charge in [0.05, 0.1) is 5.92 Å². The van der Waals surface area contributed by atoms with Gasteiger partial charge in [-0.2, -0.15) is 0 Å². The van der Waals surface area contributed by atoms with E-state index in [9.17, 15) is 18.4 Å². The van der Waals surface area contributed by atoms with Crippen LogP contribution in [0.3, 0.4) is 0 Å². The van der Waals surface area contributed by atoms with Gasteiger partial charge in [-0.3, -0.25) is 14.5 Å². The molecule has 2 aromatic rings. The average Bonchev–Trinajstić information content (AvgIpc) is 3.12. The van der Waals surface area contributed by atoms with Crippen LogP contribution in [0.4, 0.5) is 14.5 Å². The minimum absolute atomic E-state index is 0.0391. The summed E-state index contributed by atoms with van der Waals surface area (Å²) in [5.41, 5.74) is 1.53. The molecule has 0 radical (unpaired) electrons. The first-order valence-electron chi connectivity index (χ1n) is 9.82. The zero-order chi connectivity index (χ0) is 20.4. The lowest BCUT2D eigenvalue weighted by molar-refractivity contribution is -0.137. The summed E-state index contributed by atoms with van der Waals surface area (Å²) >= 11 is 0. The lowest BCUT2D eigenvalue weighted by Gasteiger charge is -2.35. The van der Waals surface area contributed by atoms with Gasteiger partial charge in [0, 0.05) is 57.4 Å². The average molecular weight is 399 g/mol. The first-order chi connectivity index (χ1) is 14.0. The number of anilines is 1. The summed E-state index contributed by atoms with van der Waals surface area (Å²) in [6, 6.07) is 13.6. The van der Waals surface area contributed by atoms with Gasteiger partial charge in [-0.25, -0.2) is 8.78 Å². The molecule has 0 aliphatic carbocycles. The van der Waals surface area contributed by atoms with E-state index in [4.69, 9.17) is 0 Å². The maximum Gasteiger partial charge on any atom is 0.228 e. The zero-order valence-corrected chi connectivity index (χ0v) is 16.1. The van der Waals surface area contributed by atoms with Crippen molar-refractivity contribution < 1.29 is 18.4 Å². The number of rotatable bonds is 4. The van der Waals surface area contributed by atoms with E-state index in [1.165, 1.54) is 16.5 Å². The van der Waals surface area contributed by atoms with Crippen molar-refractivity contribution in [2.75, 3.05) is 37.6 Å². The van der Waals surface area contributed by atoms with E-state index < -0.39 is 17.6 Å². The molecule has 152 valence electrons. The van der Waals surface area contributed by atoms with E-state index in [0.29, 0.717) is 13.1 Å². The van der Waals surface area contributed by atoms with Crippen LogP contribution < -0.4 is 4.90 Å². The van der Waals surface area contributed by atoms with E-state index in [0.717, 1.165) is 31.8 Å². The number of nitrogens with zero attached hydrogens (tertiary/aromatic N) is 3. The lowest BCUT2D eigenvalue weighted by Crippen LogP contribution is -2.50. The van der Waals surface area contributed by atoms with Crippen molar-refractivity contribution in [1.29, 1.82) is 0 Å². The molecule has 0 spiro atoms. The molecule has 2 aliphatic rings. The number of piperazine rings is 1. The zero-order valence-electron chi connectivity index (χ0n) is 16.1. The molecule has 2 saturated heterocycles. The predicted octanol–water partition coefficient (Wildman–Crippen LogP) is 2.66. The van der Waals surface area contributed by atoms with Gasteiger partial charge in [-0.05, 0) is 17.7 Å². The van der Waals surface area contributed by atoms with Gasteiger partial charge in [-0.1, -0.05) is 30.3 Å². The summed E-state index contributed by atoms with van der Waals surface area (Å²) in [5, 5.41) is 0. The molecule has 4 rings (SSSR count). The number of benzene rings is 2. The second kappa shape index (κ2) is 8.29. The summed E-state index contributed by atoms with van der Waals surface area (Å²) in [6.45, 7) is 3.88. The lowest BCUT2D eigenvalue weighted by atomic mass is 10.1. The van der Waals surface area contributed by atoms with Crippen molar-refractivity contribution in [3.05, 3.63) is 65.7 Å². The maximum atomic E-state index is 13.5. The molecule has 7 heteroatoms. The number of carbonyl (C=O) groups excluding carboxylic acids is 2. The summed E-state index contributed by atoms with van der Waals surface area (Å²) < 4.78 is 26.7. The van der Waals surface area contributed by atoms with Crippen molar-refractivity contribution in [1.82, 2.24) is 9.80 Å². The van der Waals surface area contributed by atoms with E-state index in [2.05, 4.69) is 17.0 Å². The summed E-state index contributed by atoms with van der Waals surface area (Å²) in [5.74, 6) is -2.68. The normalized spacial score (nSPS) is 20.3. The van der Waals surface area contributed by atoms with Gasteiger partial charge in [0.15, 0.2) is 11.6 Å². The van der Waals surface area contributed by atoms with Gasteiger partial charge in [0.25, 0.3) is 0 Å². The molecule has 5 nitrogen and oxygen atoms in total. The fourth-order valence-electron chi connectivity index (χ4n) is 4.00. The Morgan fingerprint density at radius 1 is 0.966 bits per heavy atom. The fraction of sp³-hybridized carbons (Fsp3) is 0.364. The molecule has 0 N–H and O–H groups in total. The highest BCUT2D eigenvalue weighted by Crippen LogP contribution is 2.28. The number of hydrogen-bond donors (Lipinski definition) is 0. The van der Waals surface area contributed by atoms with E-state index in [1.54, 1.807) is 0 Å². The molecular formula is C22H23F2N3O2. The van der Waals surface area contributed by atoms with E-state index in [-0.39, 0.29) is 30.5 Å². The Balaban J connectivity index is 1.33. The standard InChI is InChI=1S/C22H23F2N3O2/c23-19-7-6-18(13-20(19)24)27-15-17(12-21(27)28)22(29)26-10-8-25(9-11-26)14-16-4-2-1-3-5-16/h1-7,13,17H,8-12,14-15H2. The van der Waals surface area contributed by atoms with Crippen molar-refractivity contribution in [3.63, 3.8) is 0 Å². The SMILES string of the molecule is O=C(C1CC(=O)N(c2ccc(F)c(F)c2)C1)N1CCN(Cc2ccccc2)CC1. The van der Waals surface area contributed by atoms with Gasteiger partial charge in [0.2, 0.25) is 11.8 Å². The first-order valence-corrected chi connectivity index (χ1v) is 9.82. The van der Waals surface area contributed by atoms with Gasteiger partial charge < -0.3 is 9.80 Å². The molecule has 0 aromatic heterocycles. The first kappa shape index (κ1) is 19.5. The molecule has 2 heterocycles. The molecule has 1 unspecified atom stereocenters. The fourth-order valence-corrected chi connectivity index (χ4v) is 4.00. The molecule has 2 amide bonds. The smallest absolute Gasteiger partial charge is 0.228 e. The summed E-state index contributed by atoms with van der Waals surface area (Å²) in [4.78, 5) is 30.8. The highest BCUT2D eigenvalue weighted by Gasteiger charge is 2.38. The Labute approximate surface area is 168 Å². The van der Waals surface area contributed by atoms with Crippen LogP contribution in [0.5, 0.6) is 0 Å². The third-order valence-electron chi connectivity index (χ3n) is 5.62. The Hall–Kier alpha value is -2.80.